The molecule has 0 spiro atoms. The summed E-state index contributed by atoms with van der Waals surface area (Å²) in [6.45, 7) is 4.57. The molecule has 1 saturated heterocycles. The van der Waals surface area contributed by atoms with Gasteiger partial charge in [-0.1, -0.05) is 6.07 Å². The van der Waals surface area contributed by atoms with Crippen LogP contribution in [0.3, 0.4) is 0 Å². The van der Waals surface area contributed by atoms with Gasteiger partial charge in [0.05, 0.1) is 16.9 Å². The molecular formula is C22H23N3O5S. The molecule has 1 amide bonds. The van der Waals surface area contributed by atoms with E-state index in [1.165, 1.54) is 21.5 Å². The molecule has 2 aromatic heterocycles. The van der Waals surface area contributed by atoms with Crippen molar-refractivity contribution in [3.63, 3.8) is 0 Å². The van der Waals surface area contributed by atoms with Gasteiger partial charge < -0.3 is 14.3 Å². The van der Waals surface area contributed by atoms with Gasteiger partial charge in [-0.25, -0.2) is 8.42 Å². The van der Waals surface area contributed by atoms with Crippen molar-refractivity contribution in [2.75, 3.05) is 26.2 Å². The molecule has 0 unspecified atom stereocenters. The van der Waals surface area contributed by atoms with E-state index in [2.05, 4.69) is 4.98 Å². The molecule has 1 N–H and O–H groups in total. The van der Waals surface area contributed by atoms with Crippen molar-refractivity contribution in [3.8, 4) is 11.5 Å². The molecule has 1 aliphatic rings. The summed E-state index contributed by atoms with van der Waals surface area (Å²) >= 11 is 0. The van der Waals surface area contributed by atoms with Crippen LogP contribution in [0.15, 0.2) is 62.8 Å². The molecule has 3 heterocycles. The van der Waals surface area contributed by atoms with Crippen LogP contribution in [0.1, 0.15) is 21.5 Å². The SMILES string of the molecule is Cc1ccc(S(=O)(=O)N2CCN(C(=O)c3ccc(-c4ccco4)[nH]c3=O)CC2)cc1C. The average Bonchev–Trinajstić information content (AvgIpc) is 3.30. The van der Waals surface area contributed by atoms with Crippen LogP contribution >= 0.6 is 0 Å². The van der Waals surface area contributed by atoms with Crippen molar-refractivity contribution in [1.82, 2.24) is 14.2 Å². The number of aromatic nitrogens is 1. The topological polar surface area (TPSA) is 104 Å². The van der Waals surface area contributed by atoms with Gasteiger partial charge in [0.1, 0.15) is 11.3 Å². The molecule has 0 radical (unpaired) electrons. The van der Waals surface area contributed by atoms with E-state index in [0.29, 0.717) is 11.5 Å². The van der Waals surface area contributed by atoms with Gasteiger partial charge >= 0.3 is 0 Å². The minimum Gasteiger partial charge on any atom is -0.463 e. The van der Waals surface area contributed by atoms with Crippen molar-refractivity contribution in [1.29, 1.82) is 0 Å². The van der Waals surface area contributed by atoms with Crippen LogP contribution in [-0.4, -0.2) is 54.7 Å². The fourth-order valence-electron chi connectivity index (χ4n) is 3.54. The number of piperazine rings is 1. The van der Waals surface area contributed by atoms with Gasteiger partial charge in [-0.15, -0.1) is 0 Å². The maximum atomic E-state index is 13.0. The molecule has 31 heavy (non-hydrogen) atoms. The second kappa shape index (κ2) is 8.16. The molecule has 0 atom stereocenters. The van der Waals surface area contributed by atoms with Crippen LogP contribution in [0.5, 0.6) is 0 Å². The first-order chi connectivity index (χ1) is 14.8. The van der Waals surface area contributed by atoms with E-state index in [1.54, 1.807) is 36.4 Å². The first-order valence-corrected chi connectivity index (χ1v) is 11.4. The Morgan fingerprint density at radius 2 is 1.74 bits per heavy atom. The third-order valence-corrected chi connectivity index (χ3v) is 7.46. The molecule has 162 valence electrons. The molecule has 0 aliphatic carbocycles. The summed E-state index contributed by atoms with van der Waals surface area (Å²) in [6.07, 6.45) is 1.50. The number of hydrogen-bond acceptors (Lipinski definition) is 5. The van der Waals surface area contributed by atoms with Crippen molar-refractivity contribution in [2.24, 2.45) is 0 Å². The normalized spacial score (nSPS) is 15.2. The molecule has 1 aromatic carbocycles. The van der Waals surface area contributed by atoms with Gasteiger partial charge in [0, 0.05) is 26.2 Å². The highest BCUT2D eigenvalue weighted by atomic mass is 32.2. The smallest absolute Gasteiger partial charge is 0.261 e. The number of H-pyrrole nitrogens is 1. The van der Waals surface area contributed by atoms with Gasteiger partial charge in [-0.2, -0.15) is 4.31 Å². The molecule has 3 aromatic rings. The molecule has 0 bridgehead atoms. The minimum atomic E-state index is -3.64. The zero-order chi connectivity index (χ0) is 22.2. The largest absolute Gasteiger partial charge is 0.463 e. The van der Waals surface area contributed by atoms with Crippen molar-refractivity contribution >= 4 is 15.9 Å². The zero-order valence-corrected chi connectivity index (χ0v) is 18.1. The van der Waals surface area contributed by atoms with E-state index in [9.17, 15) is 18.0 Å². The highest BCUT2D eigenvalue weighted by Gasteiger charge is 2.31. The fraction of sp³-hybridized carbons (Fsp3) is 0.273. The predicted octanol–water partition coefficient (Wildman–Crippen LogP) is 2.40. The number of carbonyl (C=O) groups is 1. The fourth-order valence-corrected chi connectivity index (χ4v) is 5.05. The molecule has 0 saturated carbocycles. The standard InChI is InChI=1S/C22H23N3O5S/c1-15-5-6-17(14-16(15)2)31(28,29)25-11-9-24(10-12-25)22(27)18-7-8-19(23-21(18)26)20-4-3-13-30-20/h3-8,13-14H,9-12H2,1-2H3,(H,23,26). The maximum Gasteiger partial charge on any atom is 0.261 e. The van der Waals surface area contributed by atoms with Crippen LogP contribution in [0.4, 0.5) is 0 Å². The lowest BCUT2D eigenvalue weighted by Crippen LogP contribution is -2.51. The summed E-state index contributed by atoms with van der Waals surface area (Å²) in [7, 11) is -3.64. The summed E-state index contributed by atoms with van der Waals surface area (Å²) in [6, 6.07) is 11.6. The molecule has 8 nitrogen and oxygen atoms in total. The molecule has 9 heteroatoms. The van der Waals surface area contributed by atoms with Crippen molar-refractivity contribution in [3.05, 3.63) is 75.8 Å². The Balaban J connectivity index is 1.46. The summed E-state index contributed by atoms with van der Waals surface area (Å²) < 4.78 is 32.6. The van der Waals surface area contributed by atoms with Gasteiger partial charge in [-0.3, -0.25) is 9.59 Å². The van der Waals surface area contributed by atoms with E-state index in [1.807, 2.05) is 13.8 Å². The maximum absolute atomic E-state index is 13.0. The lowest BCUT2D eigenvalue weighted by Gasteiger charge is -2.34. The quantitative estimate of drug-likeness (QED) is 0.670. The number of nitrogens with one attached hydrogen (secondary N) is 1. The van der Waals surface area contributed by atoms with Gasteiger partial charge in [0.15, 0.2) is 0 Å². The Kier molecular flexibility index (Phi) is 5.55. The van der Waals surface area contributed by atoms with E-state index >= 15 is 0 Å². The number of aryl methyl sites for hydroxylation is 2. The van der Waals surface area contributed by atoms with Crippen LogP contribution < -0.4 is 5.56 Å². The van der Waals surface area contributed by atoms with Gasteiger partial charge in [0.2, 0.25) is 10.0 Å². The number of carbonyl (C=O) groups excluding carboxylic acids is 1. The zero-order valence-electron chi connectivity index (χ0n) is 17.3. The molecule has 1 fully saturated rings. The second-order valence-electron chi connectivity index (χ2n) is 7.53. The van der Waals surface area contributed by atoms with E-state index in [4.69, 9.17) is 4.42 Å². The number of sulfonamides is 1. The highest BCUT2D eigenvalue weighted by Crippen LogP contribution is 2.21. The highest BCUT2D eigenvalue weighted by molar-refractivity contribution is 7.89. The van der Waals surface area contributed by atoms with Crippen molar-refractivity contribution in [2.45, 2.75) is 18.7 Å². The number of nitrogens with zero attached hydrogens (tertiary/aromatic N) is 2. The van der Waals surface area contributed by atoms with Gasteiger partial charge in [-0.05, 0) is 61.4 Å². The Morgan fingerprint density at radius 1 is 1.00 bits per heavy atom. The summed E-state index contributed by atoms with van der Waals surface area (Å²) in [4.78, 5) is 29.7. The molecule has 4 rings (SSSR count). The van der Waals surface area contributed by atoms with Crippen molar-refractivity contribution < 1.29 is 17.6 Å². The minimum absolute atomic E-state index is 0.0146. The van der Waals surface area contributed by atoms with E-state index in [-0.39, 0.29) is 36.6 Å². The number of aromatic amines is 1. The number of rotatable bonds is 4. The van der Waals surface area contributed by atoms with Crippen LogP contribution in [-0.2, 0) is 10.0 Å². The van der Waals surface area contributed by atoms with Crippen LogP contribution in [0.25, 0.3) is 11.5 Å². The predicted molar refractivity (Wildman–Crippen MR) is 115 cm³/mol. The van der Waals surface area contributed by atoms with Gasteiger partial charge in [0.25, 0.3) is 11.5 Å². The average molecular weight is 442 g/mol. The van der Waals surface area contributed by atoms with E-state index in [0.717, 1.165) is 11.1 Å². The molecule has 1 aliphatic heterocycles. The number of furan rings is 1. The number of benzene rings is 1. The number of pyridine rings is 1. The number of amides is 1. The summed E-state index contributed by atoms with van der Waals surface area (Å²) in [5.74, 6) is 0.0803. The lowest BCUT2D eigenvalue weighted by atomic mass is 10.1. The first kappa shape index (κ1) is 21.1. The Bertz CT molecular complexity index is 1270. The third kappa shape index (κ3) is 4.06. The van der Waals surface area contributed by atoms with Crippen LogP contribution in [0, 0.1) is 13.8 Å². The third-order valence-electron chi connectivity index (χ3n) is 5.57. The Labute approximate surface area is 180 Å². The monoisotopic (exact) mass is 441 g/mol. The van der Waals surface area contributed by atoms with E-state index < -0.39 is 21.5 Å². The van der Waals surface area contributed by atoms with Crippen LogP contribution in [0.2, 0.25) is 0 Å². The Hall–Kier alpha value is -3.17. The lowest BCUT2D eigenvalue weighted by molar-refractivity contribution is 0.0696. The summed E-state index contributed by atoms with van der Waals surface area (Å²) in [5, 5.41) is 0. The summed E-state index contributed by atoms with van der Waals surface area (Å²) in [5.41, 5.74) is 1.92. The second-order valence-corrected chi connectivity index (χ2v) is 9.47. The Morgan fingerprint density at radius 3 is 2.35 bits per heavy atom. The number of hydrogen-bond donors (Lipinski definition) is 1. The first-order valence-electron chi connectivity index (χ1n) is 9.91. The molecular weight excluding hydrogens is 418 g/mol.